The van der Waals surface area contributed by atoms with Crippen LogP contribution in [-0.2, 0) is 4.79 Å². The molecule has 0 N–H and O–H groups in total. The zero-order chi connectivity index (χ0) is 8.85. The second-order valence-corrected chi connectivity index (χ2v) is 3.27. The topological polar surface area (TPSA) is 17.1 Å². The van der Waals surface area contributed by atoms with Crippen molar-refractivity contribution < 1.29 is 4.79 Å². The van der Waals surface area contributed by atoms with E-state index in [4.69, 9.17) is 0 Å². The smallest absolute Gasteiger partial charge is 0.147 e. The number of ketones is 1. The average molecular weight is 152 g/mol. The van der Waals surface area contributed by atoms with Gasteiger partial charge in [-0.3, -0.25) is 4.79 Å². The van der Waals surface area contributed by atoms with Gasteiger partial charge in [-0.25, -0.2) is 0 Å². The van der Waals surface area contributed by atoms with Crippen LogP contribution in [0, 0.1) is 23.7 Å². The first-order valence-corrected chi connectivity index (χ1v) is 4.05. The maximum Gasteiger partial charge on any atom is 0.147 e. The number of carbonyl (C=O) groups is 1. The van der Waals surface area contributed by atoms with E-state index in [1.807, 2.05) is 27.7 Å². The molecule has 0 radical (unpaired) electrons. The summed E-state index contributed by atoms with van der Waals surface area (Å²) in [6.07, 6.45) is 0.413. The summed E-state index contributed by atoms with van der Waals surface area (Å²) in [5, 5.41) is 0. The molecule has 0 saturated heterocycles. The van der Waals surface area contributed by atoms with Crippen LogP contribution < -0.4 is 0 Å². The summed E-state index contributed by atoms with van der Waals surface area (Å²) in [5.74, 6) is 6.55. The van der Waals surface area contributed by atoms with Gasteiger partial charge in [-0.2, -0.15) is 0 Å². The molecule has 62 valence electrons. The molecule has 1 heteroatoms. The molecule has 0 aliphatic heterocycles. The first-order valence-electron chi connectivity index (χ1n) is 4.05. The number of hydrogen-bond acceptors (Lipinski definition) is 1. The molecule has 0 heterocycles. The van der Waals surface area contributed by atoms with Gasteiger partial charge in [-0.15, -0.1) is 5.92 Å². The second kappa shape index (κ2) is 4.96. The third-order valence-corrected chi connectivity index (χ3v) is 1.30. The molecular weight excluding hydrogens is 136 g/mol. The molecule has 0 spiro atoms. The summed E-state index contributed by atoms with van der Waals surface area (Å²) < 4.78 is 0. The van der Waals surface area contributed by atoms with Crippen molar-refractivity contribution in [2.24, 2.45) is 11.8 Å². The van der Waals surface area contributed by atoms with Crippen LogP contribution >= 0.6 is 0 Å². The first kappa shape index (κ1) is 10.2. The summed E-state index contributed by atoms with van der Waals surface area (Å²) in [7, 11) is 0. The third kappa shape index (κ3) is 5.66. The summed E-state index contributed by atoms with van der Waals surface area (Å²) in [6.45, 7) is 7.85. The van der Waals surface area contributed by atoms with E-state index in [2.05, 4.69) is 11.8 Å². The molecule has 0 atom stereocenters. The van der Waals surface area contributed by atoms with Crippen LogP contribution in [0.2, 0.25) is 0 Å². The van der Waals surface area contributed by atoms with Gasteiger partial charge in [0.15, 0.2) is 0 Å². The highest BCUT2D eigenvalue weighted by Crippen LogP contribution is 1.97. The summed E-state index contributed by atoms with van der Waals surface area (Å²) in [4.78, 5) is 11.0. The Morgan fingerprint density at radius 2 is 1.82 bits per heavy atom. The van der Waals surface area contributed by atoms with E-state index in [0.717, 1.165) is 0 Å². The van der Waals surface area contributed by atoms with E-state index in [-0.39, 0.29) is 11.7 Å². The molecule has 0 aromatic rings. The highest BCUT2D eigenvalue weighted by atomic mass is 16.1. The normalized spacial score (nSPS) is 9.64. The largest absolute Gasteiger partial charge is 0.298 e. The van der Waals surface area contributed by atoms with Gasteiger partial charge in [-0.05, 0) is 0 Å². The molecular formula is C10H16O. The fraction of sp³-hybridized carbons (Fsp3) is 0.700. The SMILES string of the molecule is CC(C)C#CCC(=O)C(C)C. The van der Waals surface area contributed by atoms with E-state index in [1.54, 1.807) is 0 Å². The molecule has 0 aromatic carbocycles. The van der Waals surface area contributed by atoms with E-state index >= 15 is 0 Å². The Bertz CT molecular complexity index is 179. The van der Waals surface area contributed by atoms with Crippen LogP contribution in [0.3, 0.4) is 0 Å². The molecule has 0 fully saturated rings. The van der Waals surface area contributed by atoms with Gasteiger partial charge in [0.1, 0.15) is 5.78 Å². The Kier molecular flexibility index (Phi) is 4.61. The van der Waals surface area contributed by atoms with E-state index < -0.39 is 0 Å². The van der Waals surface area contributed by atoms with Gasteiger partial charge in [0.05, 0.1) is 6.42 Å². The lowest BCUT2D eigenvalue weighted by atomic mass is 10.1. The minimum Gasteiger partial charge on any atom is -0.298 e. The molecule has 0 aliphatic carbocycles. The van der Waals surface area contributed by atoms with Crippen LogP contribution in [-0.4, -0.2) is 5.78 Å². The minimum absolute atomic E-state index is 0.122. The third-order valence-electron chi connectivity index (χ3n) is 1.30. The van der Waals surface area contributed by atoms with Gasteiger partial charge < -0.3 is 0 Å². The van der Waals surface area contributed by atoms with Crippen LogP contribution in [0.15, 0.2) is 0 Å². The van der Waals surface area contributed by atoms with Crippen LogP contribution in [0.5, 0.6) is 0 Å². The molecule has 0 saturated carbocycles. The minimum atomic E-state index is 0.122. The quantitative estimate of drug-likeness (QED) is 0.555. The van der Waals surface area contributed by atoms with Crippen molar-refractivity contribution in [1.29, 1.82) is 0 Å². The number of carbonyl (C=O) groups excluding carboxylic acids is 1. The van der Waals surface area contributed by atoms with Crippen LogP contribution in [0.4, 0.5) is 0 Å². The van der Waals surface area contributed by atoms with Gasteiger partial charge in [0, 0.05) is 11.8 Å². The number of rotatable bonds is 2. The Morgan fingerprint density at radius 1 is 1.27 bits per heavy atom. The van der Waals surface area contributed by atoms with E-state index in [1.165, 1.54) is 0 Å². The zero-order valence-electron chi connectivity index (χ0n) is 7.77. The molecule has 0 rings (SSSR count). The molecule has 0 aromatic heterocycles. The lowest BCUT2D eigenvalue weighted by Crippen LogP contribution is -2.04. The van der Waals surface area contributed by atoms with Crippen molar-refractivity contribution >= 4 is 5.78 Å². The zero-order valence-corrected chi connectivity index (χ0v) is 7.77. The highest BCUT2D eigenvalue weighted by Gasteiger charge is 2.03. The Labute approximate surface area is 69.2 Å². The Balaban J connectivity index is 3.73. The summed E-state index contributed by atoms with van der Waals surface area (Å²) in [5.41, 5.74) is 0. The predicted octanol–water partition coefficient (Wildman–Crippen LogP) is 2.26. The van der Waals surface area contributed by atoms with Crippen LogP contribution in [0.1, 0.15) is 34.1 Å². The summed E-state index contributed by atoms with van der Waals surface area (Å²) >= 11 is 0. The molecule has 0 bridgehead atoms. The van der Waals surface area contributed by atoms with Crippen molar-refractivity contribution in [3.63, 3.8) is 0 Å². The molecule has 0 aliphatic rings. The molecule has 11 heavy (non-hydrogen) atoms. The Morgan fingerprint density at radius 3 is 2.18 bits per heavy atom. The second-order valence-electron chi connectivity index (χ2n) is 3.27. The van der Waals surface area contributed by atoms with Crippen LogP contribution in [0.25, 0.3) is 0 Å². The maximum atomic E-state index is 11.0. The predicted molar refractivity (Wildman–Crippen MR) is 47.1 cm³/mol. The van der Waals surface area contributed by atoms with Crippen molar-refractivity contribution in [1.82, 2.24) is 0 Å². The molecule has 0 amide bonds. The van der Waals surface area contributed by atoms with Gasteiger partial charge >= 0.3 is 0 Å². The highest BCUT2D eigenvalue weighted by molar-refractivity contribution is 5.82. The van der Waals surface area contributed by atoms with E-state index in [9.17, 15) is 4.79 Å². The lowest BCUT2D eigenvalue weighted by Gasteiger charge is -1.97. The maximum absolute atomic E-state index is 11.0. The molecule has 1 nitrogen and oxygen atoms in total. The Hall–Kier alpha value is -0.770. The van der Waals surface area contributed by atoms with Gasteiger partial charge in [0.2, 0.25) is 0 Å². The number of hydrogen-bond donors (Lipinski definition) is 0. The first-order chi connectivity index (χ1) is 5.04. The van der Waals surface area contributed by atoms with Gasteiger partial charge in [-0.1, -0.05) is 33.6 Å². The summed E-state index contributed by atoms with van der Waals surface area (Å²) in [6, 6.07) is 0. The lowest BCUT2D eigenvalue weighted by molar-refractivity contribution is -0.120. The number of Topliss-reactive ketones (excluding diaryl/α,β-unsaturated/α-hetero) is 1. The van der Waals surface area contributed by atoms with Crippen molar-refractivity contribution in [2.45, 2.75) is 34.1 Å². The standard InChI is InChI=1S/C10H16O/c1-8(2)6-5-7-10(11)9(3)4/h8-9H,7H2,1-4H3. The fourth-order valence-electron chi connectivity index (χ4n) is 0.546. The van der Waals surface area contributed by atoms with E-state index in [0.29, 0.717) is 12.3 Å². The van der Waals surface area contributed by atoms with Crippen molar-refractivity contribution in [3.05, 3.63) is 0 Å². The van der Waals surface area contributed by atoms with Crippen molar-refractivity contribution in [2.75, 3.05) is 0 Å². The van der Waals surface area contributed by atoms with Gasteiger partial charge in [0.25, 0.3) is 0 Å². The fourth-order valence-corrected chi connectivity index (χ4v) is 0.546. The molecule has 0 unspecified atom stereocenters. The van der Waals surface area contributed by atoms with Crippen molar-refractivity contribution in [3.8, 4) is 11.8 Å². The average Bonchev–Trinajstić information content (AvgIpc) is 1.86. The monoisotopic (exact) mass is 152 g/mol.